The van der Waals surface area contributed by atoms with E-state index in [0.29, 0.717) is 6.07 Å². The van der Waals surface area contributed by atoms with Crippen LogP contribution in [0.3, 0.4) is 0 Å². The van der Waals surface area contributed by atoms with Crippen LogP contribution in [0.1, 0.15) is 15.9 Å². The second-order valence-corrected chi connectivity index (χ2v) is 4.59. The minimum absolute atomic E-state index is 0.0723. The third-order valence-corrected chi connectivity index (χ3v) is 2.98. The Kier molecular flexibility index (Phi) is 5.00. The second kappa shape index (κ2) is 6.95. The summed E-state index contributed by atoms with van der Waals surface area (Å²) >= 11 is 0. The highest BCUT2D eigenvalue weighted by atomic mass is 19.1. The van der Waals surface area contributed by atoms with Crippen LogP contribution in [0.2, 0.25) is 0 Å². The van der Waals surface area contributed by atoms with Crippen molar-refractivity contribution in [1.82, 2.24) is 4.90 Å². The molecule has 0 heterocycles. The average Bonchev–Trinajstić information content (AvgIpc) is 2.46. The first-order chi connectivity index (χ1) is 10.1. The molecule has 1 N–H and O–H groups in total. The van der Waals surface area contributed by atoms with Gasteiger partial charge in [-0.05, 0) is 17.7 Å². The fraction of sp³-hybridized carbons (Fsp3) is 0.188. The van der Waals surface area contributed by atoms with Crippen LogP contribution in [-0.2, 0) is 6.54 Å². The van der Waals surface area contributed by atoms with Gasteiger partial charge in [-0.15, -0.1) is 0 Å². The van der Waals surface area contributed by atoms with Crippen molar-refractivity contribution >= 4 is 5.91 Å². The lowest BCUT2D eigenvalue weighted by atomic mass is 10.1. The van der Waals surface area contributed by atoms with Crippen molar-refractivity contribution in [2.24, 2.45) is 0 Å². The van der Waals surface area contributed by atoms with Gasteiger partial charge in [0.25, 0.3) is 5.91 Å². The molecule has 3 nitrogen and oxygen atoms in total. The van der Waals surface area contributed by atoms with Crippen molar-refractivity contribution in [3.63, 3.8) is 0 Å². The van der Waals surface area contributed by atoms with E-state index >= 15 is 0 Å². The Morgan fingerprint density at radius 2 is 1.67 bits per heavy atom. The number of hydrogen-bond donors (Lipinski definition) is 1. The minimum Gasteiger partial charge on any atom is -0.395 e. The summed E-state index contributed by atoms with van der Waals surface area (Å²) in [5.74, 6) is -2.13. The highest BCUT2D eigenvalue weighted by molar-refractivity contribution is 5.94. The first-order valence-electron chi connectivity index (χ1n) is 6.50. The number of aliphatic hydroxyl groups is 1. The van der Waals surface area contributed by atoms with E-state index in [9.17, 15) is 13.6 Å². The Hall–Kier alpha value is -2.27. The first-order valence-corrected chi connectivity index (χ1v) is 6.50. The van der Waals surface area contributed by atoms with Gasteiger partial charge in [-0.25, -0.2) is 8.78 Å². The summed E-state index contributed by atoms with van der Waals surface area (Å²) in [6, 6.07) is 11.9. The lowest BCUT2D eigenvalue weighted by Gasteiger charge is -2.22. The quantitative estimate of drug-likeness (QED) is 0.920. The Labute approximate surface area is 121 Å². The Morgan fingerprint density at radius 3 is 2.24 bits per heavy atom. The van der Waals surface area contributed by atoms with Crippen LogP contribution in [0.5, 0.6) is 0 Å². The van der Waals surface area contributed by atoms with Crippen molar-refractivity contribution in [2.45, 2.75) is 6.54 Å². The van der Waals surface area contributed by atoms with Crippen LogP contribution in [-0.4, -0.2) is 29.1 Å². The molecule has 0 fully saturated rings. The van der Waals surface area contributed by atoms with Gasteiger partial charge in [0.05, 0.1) is 6.61 Å². The molecule has 110 valence electrons. The minimum atomic E-state index is -0.804. The maximum absolute atomic E-state index is 13.2. The molecule has 5 heteroatoms. The number of amides is 1. The lowest BCUT2D eigenvalue weighted by Crippen LogP contribution is -2.33. The van der Waals surface area contributed by atoms with Crippen molar-refractivity contribution in [1.29, 1.82) is 0 Å². The summed E-state index contributed by atoms with van der Waals surface area (Å²) in [4.78, 5) is 13.7. The van der Waals surface area contributed by atoms with E-state index in [2.05, 4.69) is 0 Å². The maximum Gasteiger partial charge on any atom is 0.254 e. The number of carbonyl (C=O) groups is 1. The predicted molar refractivity (Wildman–Crippen MR) is 74.6 cm³/mol. The van der Waals surface area contributed by atoms with Crippen LogP contribution >= 0.6 is 0 Å². The van der Waals surface area contributed by atoms with Crippen LogP contribution in [0.15, 0.2) is 48.5 Å². The molecule has 0 saturated carbocycles. The summed E-state index contributed by atoms with van der Waals surface area (Å²) in [5.41, 5.74) is 0.799. The Morgan fingerprint density at radius 1 is 1.05 bits per heavy atom. The van der Waals surface area contributed by atoms with E-state index in [1.54, 1.807) is 0 Å². The lowest BCUT2D eigenvalue weighted by molar-refractivity contribution is 0.0707. The molecule has 0 unspecified atom stereocenters. The zero-order valence-corrected chi connectivity index (χ0v) is 11.3. The molecular formula is C16H15F2NO2. The Balaban J connectivity index is 2.22. The standard InChI is InChI=1S/C16H15F2NO2/c17-14-8-13(9-15(18)10-14)16(21)19(6-7-20)11-12-4-2-1-3-5-12/h1-5,8-10,20H,6-7,11H2. The summed E-state index contributed by atoms with van der Waals surface area (Å²) in [6.45, 7) is 0.126. The van der Waals surface area contributed by atoms with E-state index in [-0.39, 0.29) is 25.3 Å². The number of nitrogens with zero attached hydrogens (tertiary/aromatic N) is 1. The summed E-state index contributed by atoms with van der Waals surface area (Å²) < 4.78 is 26.4. The van der Waals surface area contributed by atoms with Gasteiger partial charge in [0.1, 0.15) is 11.6 Å². The van der Waals surface area contributed by atoms with E-state index < -0.39 is 17.5 Å². The zero-order valence-electron chi connectivity index (χ0n) is 11.3. The largest absolute Gasteiger partial charge is 0.395 e. The smallest absolute Gasteiger partial charge is 0.254 e. The molecule has 0 aliphatic carbocycles. The highest BCUT2D eigenvalue weighted by Crippen LogP contribution is 2.13. The third kappa shape index (κ3) is 4.10. The third-order valence-electron chi connectivity index (χ3n) is 2.98. The highest BCUT2D eigenvalue weighted by Gasteiger charge is 2.17. The molecule has 0 aliphatic rings. The van der Waals surface area contributed by atoms with E-state index in [0.717, 1.165) is 17.7 Å². The molecule has 0 radical (unpaired) electrons. The molecular weight excluding hydrogens is 276 g/mol. The number of hydrogen-bond acceptors (Lipinski definition) is 2. The van der Waals surface area contributed by atoms with E-state index in [4.69, 9.17) is 5.11 Å². The van der Waals surface area contributed by atoms with Crippen LogP contribution in [0, 0.1) is 11.6 Å². The van der Waals surface area contributed by atoms with Gasteiger partial charge in [0, 0.05) is 24.7 Å². The molecule has 21 heavy (non-hydrogen) atoms. The van der Waals surface area contributed by atoms with Crippen LogP contribution in [0.4, 0.5) is 8.78 Å². The van der Waals surface area contributed by atoms with Gasteiger partial charge in [-0.3, -0.25) is 4.79 Å². The zero-order chi connectivity index (χ0) is 15.2. The molecule has 0 saturated heterocycles. The molecule has 2 rings (SSSR count). The summed E-state index contributed by atoms with van der Waals surface area (Å²) in [6.07, 6.45) is 0. The number of carbonyl (C=O) groups excluding carboxylic acids is 1. The van der Waals surface area contributed by atoms with E-state index in [1.165, 1.54) is 4.90 Å². The maximum atomic E-state index is 13.2. The molecule has 1 amide bonds. The van der Waals surface area contributed by atoms with Crippen molar-refractivity contribution < 1.29 is 18.7 Å². The van der Waals surface area contributed by atoms with Gasteiger partial charge in [0.2, 0.25) is 0 Å². The first kappa shape index (κ1) is 15.1. The van der Waals surface area contributed by atoms with E-state index in [1.807, 2.05) is 30.3 Å². The fourth-order valence-corrected chi connectivity index (χ4v) is 2.04. The number of halogens is 2. The molecule has 0 aliphatic heterocycles. The van der Waals surface area contributed by atoms with Gasteiger partial charge in [0.15, 0.2) is 0 Å². The Bertz CT molecular complexity index is 597. The number of rotatable bonds is 5. The second-order valence-electron chi connectivity index (χ2n) is 4.59. The molecule has 0 aromatic heterocycles. The topological polar surface area (TPSA) is 40.5 Å². The average molecular weight is 291 g/mol. The molecule has 0 spiro atoms. The van der Waals surface area contributed by atoms with Gasteiger partial charge >= 0.3 is 0 Å². The number of benzene rings is 2. The van der Waals surface area contributed by atoms with Crippen molar-refractivity contribution in [3.8, 4) is 0 Å². The SMILES string of the molecule is O=C(c1cc(F)cc(F)c1)N(CCO)Cc1ccccc1. The molecule has 2 aromatic carbocycles. The fourth-order valence-electron chi connectivity index (χ4n) is 2.04. The van der Waals surface area contributed by atoms with Gasteiger partial charge < -0.3 is 10.0 Å². The van der Waals surface area contributed by atoms with Gasteiger partial charge in [-0.2, -0.15) is 0 Å². The normalized spacial score (nSPS) is 10.4. The van der Waals surface area contributed by atoms with Crippen molar-refractivity contribution in [2.75, 3.05) is 13.2 Å². The summed E-state index contributed by atoms with van der Waals surface area (Å²) in [5, 5.41) is 9.08. The van der Waals surface area contributed by atoms with Crippen molar-refractivity contribution in [3.05, 3.63) is 71.3 Å². The van der Waals surface area contributed by atoms with Gasteiger partial charge in [-0.1, -0.05) is 30.3 Å². The molecule has 0 bridgehead atoms. The monoisotopic (exact) mass is 291 g/mol. The van der Waals surface area contributed by atoms with Crippen LogP contribution in [0.25, 0.3) is 0 Å². The number of aliphatic hydroxyl groups excluding tert-OH is 1. The van der Waals surface area contributed by atoms with Crippen LogP contribution < -0.4 is 0 Å². The predicted octanol–water partition coefficient (Wildman–Crippen LogP) is 2.60. The summed E-state index contributed by atoms with van der Waals surface area (Å²) in [7, 11) is 0. The molecule has 0 atom stereocenters. The molecule has 2 aromatic rings.